The fourth-order valence-corrected chi connectivity index (χ4v) is 4.45. The molecule has 1 fully saturated rings. The lowest BCUT2D eigenvalue weighted by atomic mass is 10.0. The van der Waals surface area contributed by atoms with Crippen molar-refractivity contribution in [3.05, 3.63) is 60.4 Å². The molecule has 4 rings (SSSR count). The fraction of sp³-hybridized carbons (Fsp3) is 0.407. The van der Waals surface area contributed by atoms with Crippen LogP contribution in [0.2, 0.25) is 0 Å². The van der Waals surface area contributed by atoms with Crippen molar-refractivity contribution in [1.29, 1.82) is 0 Å². The molecule has 35 heavy (non-hydrogen) atoms. The Morgan fingerprint density at radius 1 is 1.06 bits per heavy atom. The molecular weight excluding hydrogens is 444 g/mol. The normalized spacial score (nSPS) is 15.1. The van der Waals surface area contributed by atoms with E-state index in [0.29, 0.717) is 29.7 Å². The summed E-state index contributed by atoms with van der Waals surface area (Å²) in [6.07, 6.45) is 1.88. The van der Waals surface area contributed by atoms with Crippen LogP contribution < -0.4 is 14.8 Å². The van der Waals surface area contributed by atoms with Crippen LogP contribution in [0.25, 0.3) is 16.8 Å². The number of morpholine rings is 1. The van der Waals surface area contributed by atoms with Gasteiger partial charge in [0.05, 0.1) is 33.1 Å². The van der Waals surface area contributed by atoms with E-state index in [0.717, 1.165) is 43.1 Å². The minimum absolute atomic E-state index is 0.205. The Balaban J connectivity index is 1.65. The molecule has 186 valence electrons. The maximum absolute atomic E-state index is 13.5. The summed E-state index contributed by atoms with van der Waals surface area (Å²) in [6.45, 7) is 8.11. The van der Waals surface area contributed by atoms with Gasteiger partial charge in [-0.25, -0.2) is 4.68 Å². The molecule has 1 N–H and O–H groups in total. The standard InChI is InChI=1S/C27H34N4O4/c1-19(2)23(30-12-14-35-15-13-30)17-28-27(32)26-22(18-31(29-26)21-8-6-5-7-9-21)20-10-11-24(33-3)25(16-20)34-4/h5-11,16,18-19,23H,12-15,17H2,1-4H3,(H,28,32)/t23-/m0/s1. The van der Waals surface area contributed by atoms with Gasteiger partial charge in [0.25, 0.3) is 5.91 Å². The summed E-state index contributed by atoms with van der Waals surface area (Å²) in [7, 11) is 3.20. The maximum atomic E-state index is 13.5. The third kappa shape index (κ3) is 5.66. The van der Waals surface area contributed by atoms with Crippen LogP contribution in [0.4, 0.5) is 0 Å². The molecule has 1 aliphatic heterocycles. The number of nitrogens with one attached hydrogen (secondary N) is 1. The van der Waals surface area contributed by atoms with Gasteiger partial charge in [0.15, 0.2) is 17.2 Å². The van der Waals surface area contributed by atoms with Gasteiger partial charge < -0.3 is 19.5 Å². The summed E-state index contributed by atoms with van der Waals surface area (Å²) in [4.78, 5) is 15.9. The zero-order valence-corrected chi connectivity index (χ0v) is 20.9. The average molecular weight is 479 g/mol. The van der Waals surface area contributed by atoms with E-state index in [1.54, 1.807) is 18.9 Å². The number of aromatic nitrogens is 2. The monoisotopic (exact) mass is 478 g/mol. The molecule has 1 aromatic heterocycles. The van der Waals surface area contributed by atoms with Gasteiger partial charge in [-0.15, -0.1) is 0 Å². The van der Waals surface area contributed by atoms with E-state index in [9.17, 15) is 4.79 Å². The molecule has 8 heteroatoms. The molecule has 1 aliphatic rings. The third-order valence-electron chi connectivity index (χ3n) is 6.40. The van der Waals surface area contributed by atoms with Crippen LogP contribution in [-0.4, -0.2) is 73.7 Å². The SMILES string of the molecule is COc1ccc(-c2cn(-c3ccccc3)nc2C(=O)NC[C@@H](C(C)C)N2CCOCC2)cc1OC. The van der Waals surface area contributed by atoms with Gasteiger partial charge in [-0.1, -0.05) is 38.1 Å². The number of amides is 1. The van der Waals surface area contributed by atoms with Crippen LogP contribution in [0.1, 0.15) is 24.3 Å². The number of nitrogens with zero attached hydrogens (tertiary/aromatic N) is 3. The highest BCUT2D eigenvalue weighted by atomic mass is 16.5. The van der Waals surface area contributed by atoms with Crippen molar-refractivity contribution in [2.24, 2.45) is 5.92 Å². The summed E-state index contributed by atoms with van der Waals surface area (Å²) < 4.78 is 18.1. The van der Waals surface area contributed by atoms with Crippen molar-refractivity contribution in [3.8, 4) is 28.3 Å². The van der Waals surface area contributed by atoms with Crippen LogP contribution in [0.3, 0.4) is 0 Å². The first kappa shape index (κ1) is 24.8. The van der Waals surface area contributed by atoms with Gasteiger partial charge in [0.1, 0.15) is 0 Å². The minimum atomic E-state index is -0.205. The second kappa shape index (κ2) is 11.4. The first-order chi connectivity index (χ1) is 17.0. The number of carbonyl (C=O) groups excluding carboxylic acids is 1. The molecule has 0 unspecified atom stereocenters. The summed E-state index contributed by atoms with van der Waals surface area (Å²) in [6, 6.07) is 15.6. The second-order valence-corrected chi connectivity index (χ2v) is 8.91. The molecule has 0 spiro atoms. The Morgan fingerprint density at radius 3 is 2.43 bits per heavy atom. The third-order valence-corrected chi connectivity index (χ3v) is 6.40. The zero-order chi connectivity index (χ0) is 24.8. The number of methoxy groups -OCH3 is 2. The zero-order valence-electron chi connectivity index (χ0n) is 20.9. The molecule has 0 aliphatic carbocycles. The van der Waals surface area contributed by atoms with E-state index in [4.69, 9.17) is 14.2 Å². The van der Waals surface area contributed by atoms with Gasteiger partial charge in [-0.3, -0.25) is 9.69 Å². The van der Waals surface area contributed by atoms with Crippen LogP contribution in [0.15, 0.2) is 54.7 Å². The maximum Gasteiger partial charge on any atom is 0.272 e. The highest BCUT2D eigenvalue weighted by Gasteiger charge is 2.26. The van der Waals surface area contributed by atoms with Gasteiger partial charge in [-0.05, 0) is 35.7 Å². The molecule has 0 radical (unpaired) electrons. The average Bonchev–Trinajstić information content (AvgIpc) is 3.35. The van der Waals surface area contributed by atoms with Crippen LogP contribution in [0.5, 0.6) is 11.5 Å². The molecule has 1 amide bonds. The fourth-order valence-electron chi connectivity index (χ4n) is 4.45. The first-order valence-corrected chi connectivity index (χ1v) is 12.0. The van der Waals surface area contributed by atoms with Crippen LogP contribution in [0, 0.1) is 5.92 Å². The number of hydrogen-bond donors (Lipinski definition) is 1. The van der Waals surface area contributed by atoms with Gasteiger partial charge in [0.2, 0.25) is 0 Å². The van der Waals surface area contributed by atoms with Crippen LogP contribution in [-0.2, 0) is 4.74 Å². The first-order valence-electron chi connectivity index (χ1n) is 12.0. The van der Waals surface area contributed by atoms with Gasteiger partial charge in [-0.2, -0.15) is 5.10 Å². The number of ether oxygens (including phenoxy) is 3. The van der Waals surface area contributed by atoms with Crippen molar-refractivity contribution >= 4 is 5.91 Å². The second-order valence-electron chi connectivity index (χ2n) is 8.91. The van der Waals surface area contributed by atoms with E-state index in [1.807, 2.05) is 54.7 Å². The highest BCUT2D eigenvalue weighted by molar-refractivity contribution is 5.99. The molecule has 1 atom stereocenters. The number of hydrogen-bond acceptors (Lipinski definition) is 6. The largest absolute Gasteiger partial charge is 0.493 e. The highest BCUT2D eigenvalue weighted by Crippen LogP contribution is 2.34. The lowest BCUT2D eigenvalue weighted by Gasteiger charge is -2.36. The Bertz CT molecular complexity index is 1120. The topological polar surface area (TPSA) is 77.9 Å². The number of carbonyl (C=O) groups is 1. The molecular formula is C27H34N4O4. The smallest absolute Gasteiger partial charge is 0.272 e. The van der Waals surface area contributed by atoms with Crippen molar-refractivity contribution in [2.75, 3.05) is 47.1 Å². The lowest BCUT2D eigenvalue weighted by Crippen LogP contribution is -2.51. The van der Waals surface area contributed by atoms with Crippen molar-refractivity contribution in [1.82, 2.24) is 20.0 Å². The lowest BCUT2D eigenvalue weighted by molar-refractivity contribution is 0.00671. The molecule has 0 bridgehead atoms. The van der Waals surface area contributed by atoms with Crippen molar-refractivity contribution in [3.63, 3.8) is 0 Å². The van der Waals surface area contributed by atoms with Crippen molar-refractivity contribution < 1.29 is 19.0 Å². The predicted octanol–water partition coefficient (Wildman–Crippen LogP) is 3.64. The number of rotatable bonds is 9. The summed E-state index contributed by atoms with van der Waals surface area (Å²) in [5.41, 5.74) is 2.79. The Morgan fingerprint density at radius 2 is 1.77 bits per heavy atom. The molecule has 2 aromatic carbocycles. The van der Waals surface area contributed by atoms with Gasteiger partial charge >= 0.3 is 0 Å². The predicted molar refractivity (Wildman–Crippen MR) is 135 cm³/mol. The molecule has 3 aromatic rings. The molecule has 2 heterocycles. The molecule has 0 saturated carbocycles. The van der Waals surface area contributed by atoms with Crippen LogP contribution >= 0.6 is 0 Å². The Hall–Kier alpha value is -3.36. The van der Waals surface area contributed by atoms with Gasteiger partial charge in [0, 0.05) is 37.4 Å². The summed E-state index contributed by atoms with van der Waals surface area (Å²) in [5, 5.41) is 7.84. The Kier molecular flexibility index (Phi) is 8.05. The minimum Gasteiger partial charge on any atom is -0.493 e. The number of benzene rings is 2. The Labute approximate surface area is 206 Å². The summed E-state index contributed by atoms with van der Waals surface area (Å²) >= 11 is 0. The summed E-state index contributed by atoms with van der Waals surface area (Å²) in [5.74, 6) is 1.41. The number of para-hydroxylation sites is 1. The van der Waals surface area contributed by atoms with E-state index in [2.05, 4.69) is 29.2 Å². The van der Waals surface area contributed by atoms with E-state index in [-0.39, 0.29) is 11.9 Å². The van der Waals surface area contributed by atoms with E-state index in [1.165, 1.54) is 0 Å². The van der Waals surface area contributed by atoms with Crippen molar-refractivity contribution in [2.45, 2.75) is 19.9 Å². The van der Waals surface area contributed by atoms with E-state index >= 15 is 0 Å². The van der Waals surface area contributed by atoms with E-state index < -0.39 is 0 Å². The molecule has 1 saturated heterocycles. The quantitative estimate of drug-likeness (QED) is 0.506. The molecule has 8 nitrogen and oxygen atoms in total.